The lowest BCUT2D eigenvalue weighted by Gasteiger charge is -2.31. The number of phenols is 1. The van der Waals surface area contributed by atoms with Gasteiger partial charge in [0.05, 0.1) is 0 Å². The predicted octanol–water partition coefficient (Wildman–Crippen LogP) is 3.99. The summed E-state index contributed by atoms with van der Waals surface area (Å²) in [5.41, 5.74) is 5.24. The van der Waals surface area contributed by atoms with Crippen molar-refractivity contribution < 1.29 is 9.90 Å². The molecule has 0 bridgehead atoms. The van der Waals surface area contributed by atoms with E-state index in [1.807, 2.05) is 6.92 Å². The number of isocyanates is 1. The van der Waals surface area contributed by atoms with Crippen LogP contribution in [0.1, 0.15) is 66.3 Å². The Morgan fingerprint density at radius 1 is 1.00 bits per heavy atom. The molecule has 0 spiro atoms. The molecule has 0 radical (unpaired) electrons. The standard InChI is InChI=1S/C18H23NO2/c1-12-14-7-3-4-8-15(14)13(2)17(21)16(12)18(19-11-20)9-5-6-10-18/h21H,3-10H2,1-2H3. The highest BCUT2D eigenvalue weighted by atomic mass is 16.3. The third kappa shape index (κ3) is 2.11. The summed E-state index contributed by atoms with van der Waals surface area (Å²) in [6.45, 7) is 4.11. The Morgan fingerprint density at radius 3 is 2.14 bits per heavy atom. The maximum absolute atomic E-state index is 11.0. The van der Waals surface area contributed by atoms with Gasteiger partial charge in [0.2, 0.25) is 6.08 Å². The summed E-state index contributed by atoms with van der Waals surface area (Å²) >= 11 is 0. The van der Waals surface area contributed by atoms with Crippen molar-refractivity contribution in [2.45, 2.75) is 70.8 Å². The van der Waals surface area contributed by atoms with Crippen LogP contribution in [0.2, 0.25) is 0 Å². The highest BCUT2D eigenvalue weighted by Gasteiger charge is 2.40. The smallest absolute Gasteiger partial charge is 0.235 e. The number of hydrogen-bond acceptors (Lipinski definition) is 3. The average molecular weight is 285 g/mol. The Balaban J connectivity index is 2.27. The lowest BCUT2D eigenvalue weighted by Crippen LogP contribution is -2.23. The van der Waals surface area contributed by atoms with E-state index in [-0.39, 0.29) is 0 Å². The van der Waals surface area contributed by atoms with E-state index < -0.39 is 5.54 Å². The van der Waals surface area contributed by atoms with E-state index in [9.17, 15) is 9.90 Å². The first-order valence-electron chi connectivity index (χ1n) is 8.04. The second-order valence-corrected chi connectivity index (χ2v) is 6.58. The SMILES string of the molecule is Cc1c(O)c(C2(N=C=O)CCCC2)c(C)c2c1CCCC2. The molecule has 0 atom stereocenters. The van der Waals surface area contributed by atoms with Gasteiger partial charge in [-0.05, 0) is 74.6 Å². The molecule has 0 aliphatic heterocycles. The van der Waals surface area contributed by atoms with Gasteiger partial charge < -0.3 is 5.11 Å². The maximum atomic E-state index is 11.0. The zero-order chi connectivity index (χ0) is 15.0. The molecule has 21 heavy (non-hydrogen) atoms. The third-order valence-corrected chi connectivity index (χ3v) is 5.50. The van der Waals surface area contributed by atoms with Crippen molar-refractivity contribution in [3.05, 3.63) is 27.8 Å². The van der Waals surface area contributed by atoms with Crippen molar-refractivity contribution in [2.24, 2.45) is 4.99 Å². The number of aromatic hydroxyl groups is 1. The highest BCUT2D eigenvalue weighted by molar-refractivity contribution is 5.58. The molecule has 1 fully saturated rings. The fourth-order valence-electron chi connectivity index (χ4n) is 4.43. The number of hydrogen-bond donors (Lipinski definition) is 1. The quantitative estimate of drug-likeness (QED) is 0.659. The third-order valence-electron chi connectivity index (χ3n) is 5.50. The fourth-order valence-corrected chi connectivity index (χ4v) is 4.43. The number of carbonyl (C=O) groups excluding carboxylic acids is 1. The van der Waals surface area contributed by atoms with Crippen LogP contribution in [0.4, 0.5) is 0 Å². The second-order valence-electron chi connectivity index (χ2n) is 6.58. The van der Waals surface area contributed by atoms with Crippen molar-refractivity contribution >= 4 is 6.08 Å². The summed E-state index contributed by atoms with van der Waals surface area (Å²) in [6, 6.07) is 0. The van der Waals surface area contributed by atoms with Gasteiger partial charge >= 0.3 is 0 Å². The van der Waals surface area contributed by atoms with Crippen molar-refractivity contribution in [1.29, 1.82) is 0 Å². The molecule has 3 rings (SSSR count). The first kappa shape index (κ1) is 14.3. The van der Waals surface area contributed by atoms with Crippen LogP contribution in [0.5, 0.6) is 5.75 Å². The Bertz CT molecular complexity index is 621. The van der Waals surface area contributed by atoms with E-state index in [2.05, 4.69) is 11.9 Å². The minimum absolute atomic E-state index is 0.369. The number of rotatable bonds is 2. The normalized spacial score (nSPS) is 19.9. The van der Waals surface area contributed by atoms with Gasteiger partial charge in [-0.2, -0.15) is 4.99 Å². The molecule has 0 saturated heterocycles. The van der Waals surface area contributed by atoms with E-state index in [0.717, 1.165) is 55.2 Å². The molecule has 1 aromatic carbocycles. The lowest BCUT2D eigenvalue weighted by molar-refractivity contribution is 0.402. The molecule has 1 saturated carbocycles. The Labute approximate surface area is 126 Å². The Kier molecular flexibility index (Phi) is 3.62. The van der Waals surface area contributed by atoms with Crippen LogP contribution in [0, 0.1) is 13.8 Å². The molecular formula is C18H23NO2. The van der Waals surface area contributed by atoms with Gasteiger partial charge in [0.15, 0.2) is 0 Å². The van der Waals surface area contributed by atoms with Crippen LogP contribution in [-0.2, 0) is 23.2 Å². The first-order valence-corrected chi connectivity index (χ1v) is 8.04. The van der Waals surface area contributed by atoms with Crippen LogP contribution < -0.4 is 0 Å². The average Bonchev–Trinajstić information content (AvgIpc) is 2.95. The highest BCUT2D eigenvalue weighted by Crippen LogP contribution is 2.50. The molecule has 0 heterocycles. The molecule has 3 heteroatoms. The molecule has 0 unspecified atom stereocenters. The zero-order valence-corrected chi connectivity index (χ0v) is 13.0. The van der Waals surface area contributed by atoms with Crippen molar-refractivity contribution in [1.82, 2.24) is 0 Å². The number of nitrogens with zero attached hydrogens (tertiary/aromatic N) is 1. The molecule has 0 amide bonds. The van der Waals surface area contributed by atoms with Crippen molar-refractivity contribution in [3.63, 3.8) is 0 Å². The minimum atomic E-state index is -0.535. The van der Waals surface area contributed by atoms with Gasteiger partial charge in [0.1, 0.15) is 11.3 Å². The number of phenolic OH excluding ortho intramolecular Hbond substituents is 1. The van der Waals surface area contributed by atoms with Crippen LogP contribution >= 0.6 is 0 Å². The van der Waals surface area contributed by atoms with Crippen LogP contribution in [-0.4, -0.2) is 11.2 Å². The van der Waals surface area contributed by atoms with Gasteiger partial charge in [0, 0.05) is 5.56 Å². The fraction of sp³-hybridized carbons (Fsp3) is 0.611. The van der Waals surface area contributed by atoms with E-state index in [1.54, 1.807) is 6.08 Å². The van der Waals surface area contributed by atoms with Gasteiger partial charge in [-0.15, -0.1) is 0 Å². The Hall–Kier alpha value is -1.60. The summed E-state index contributed by atoms with van der Waals surface area (Å²) in [6.07, 6.45) is 10.1. The van der Waals surface area contributed by atoms with Crippen molar-refractivity contribution in [3.8, 4) is 5.75 Å². The number of fused-ring (bicyclic) bond motifs is 1. The zero-order valence-electron chi connectivity index (χ0n) is 13.0. The second kappa shape index (κ2) is 5.31. The molecule has 1 N–H and O–H groups in total. The number of aliphatic imine (C=N–C) groups is 1. The van der Waals surface area contributed by atoms with E-state index in [1.165, 1.54) is 24.0 Å². The summed E-state index contributed by atoms with van der Waals surface area (Å²) in [4.78, 5) is 15.1. The van der Waals surface area contributed by atoms with Crippen LogP contribution in [0.3, 0.4) is 0 Å². The monoisotopic (exact) mass is 285 g/mol. The minimum Gasteiger partial charge on any atom is -0.507 e. The summed E-state index contributed by atoms with van der Waals surface area (Å²) in [5.74, 6) is 0.369. The van der Waals surface area contributed by atoms with E-state index >= 15 is 0 Å². The molecule has 0 aromatic heterocycles. The summed E-state index contributed by atoms with van der Waals surface area (Å²) in [5, 5.41) is 10.8. The molecule has 2 aliphatic rings. The van der Waals surface area contributed by atoms with Crippen molar-refractivity contribution in [2.75, 3.05) is 0 Å². The van der Waals surface area contributed by atoms with Crippen LogP contribution in [0.15, 0.2) is 4.99 Å². The summed E-state index contributed by atoms with van der Waals surface area (Å²) < 4.78 is 0. The van der Waals surface area contributed by atoms with Gasteiger partial charge in [-0.3, -0.25) is 0 Å². The van der Waals surface area contributed by atoms with E-state index in [0.29, 0.717) is 5.75 Å². The molecule has 3 nitrogen and oxygen atoms in total. The maximum Gasteiger partial charge on any atom is 0.235 e. The molecule has 112 valence electrons. The number of benzene rings is 1. The van der Waals surface area contributed by atoms with Gasteiger partial charge in [-0.1, -0.05) is 12.8 Å². The van der Waals surface area contributed by atoms with Gasteiger partial charge in [-0.25, -0.2) is 4.79 Å². The predicted molar refractivity (Wildman–Crippen MR) is 82.5 cm³/mol. The van der Waals surface area contributed by atoms with Gasteiger partial charge in [0.25, 0.3) is 0 Å². The Morgan fingerprint density at radius 2 is 1.57 bits per heavy atom. The van der Waals surface area contributed by atoms with E-state index in [4.69, 9.17) is 0 Å². The molecule has 1 aromatic rings. The van der Waals surface area contributed by atoms with Crippen LogP contribution in [0.25, 0.3) is 0 Å². The topological polar surface area (TPSA) is 49.7 Å². The summed E-state index contributed by atoms with van der Waals surface area (Å²) in [7, 11) is 0. The molecular weight excluding hydrogens is 262 g/mol. The molecule has 2 aliphatic carbocycles. The largest absolute Gasteiger partial charge is 0.507 e. The lowest BCUT2D eigenvalue weighted by atomic mass is 9.76. The first-order chi connectivity index (χ1) is 10.1.